The van der Waals surface area contributed by atoms with Crippen LogP contribution in [0.2, 0.25) is 0 Å². The number of hydrogen-bond donors (Lipinski definition) is 2. The number of benzene rings is 3. The normalized spacial score (nSPS) is 10.8. The Hall–Kier alpha value is -4.20. The smallest absolute Gasteiger partial charge is 0.319 e. The Labute approximate surface area is 199 Å². The average molecular weight is 457 g/mol. The molecule has 4 rings (SSSR count). The minimum absolute atomic E-state index is 0.0932. The zero-order chi connectivity index (χ0) is 23.9. The van der Waals surface area contributed by atoms with Crippen molar-refractivity contribution in [3.63, 3.8) is 0 Å². The van der Waals surface area contributed by atoms with Gasteiger partial charge in [0.1, 0.15) is 12.4 Å². The summed E-state index contributed by atoms with van der Waals surface area (Å²) in [4.78, 5) is 12.6. The molecule has 0 saturated heterocycles. The maximum atomic E-state index is 12.6. The topological polar surface area (TPSA) is 94.0 Å². The monoisotopic (exact) mass is 456 g/mol. The van der Waals surface area contributed by atoms with Crippen molar-refractivity contribution >= 4 is 11.7 Å². The van der Waals surface area contributed by atoms with Crippen molar-refractivity contribution in [1.82, 2.24) is 25.5 Å². The molecule has 34 heavy (non-hydrogen) atoms. The van der Waals surface area contributed by atoms with Crippen LogP contribution < -0.4 is 15.4 Å². The largest absolute Gasteiger partial charge is 0.489 e. The highest BCUT2D eigenvalue weighted by Crippen LogP contribution is 2.27. The Kier molecular flexibility index (Phi) is 7.17. The zero-order valence-electron chi connectivity index (χ0n) is 19.5. The predicted molar refractivity (Wildman–Crippen MR) is 131 cm³/mol. The van der Waals surface area contributed by atoms with E-state index in [0.29, 0.717) is 24.7 Å². The van der Waals surface area contributed by atoms with E-state index in [4.69, 9.17) is 4.74 Å². The molecule has 0 aliphatic rings. The maximum Gasteiger partial charge on any atom is 0.319 e. The molecule has 0 atom stereocenters. The van der Waals surface area contributed by atoms with Gasteiger partial charge in [0, 0.05) is 12.1 Å². The van der Waals surface area contributed by atoms with Crippen LogP contribution in [0.5, 0.6) is 5.75 Å². The van der Waals surface area contributed by atoms with Gasteiger partial charge < -0.3 is 15.4 Å². The molecule has 8 heteroatoms. The summed E-state index contributed by atoms with van der Waals surface area (Å²) in [7, 11) is 0. The van der Waals surface area contributed by atoms with Gasteiger partial charge in [-0.1, -0.05) is 54.1 Å². The van der Waals surface area contributed by atoms with Crippen molar-refractivity contribution in [2.75, 3.05) is 5.32 Å². The van der Waals surface area contributed by atoms with Crippen LogP contribution in [0.25, 0.3) is 11.4 Å². The van der Waals surface area contributed by atoms with Crippen LogP contribution in [-0.2, 0) is 13.2 Å². The number of aryl methyl sites for hydroxylation is 1. The fraction of sp³-hybridized carbons (Fsp3) is 0.231. The Morgan fingerprint density at radius 2 is 1.79 bits per heavy atom. The second-order valence-corrected chi connectivity index (χ2v) is 8.32. The molecule has 0 radical (unpaired) electrons. The number of para-hydroxylation sites is 1. The number of hydrogen-bond acceptors (Lipinski definition) is 5. The standard InChI is InChI=1S/C26H28N6O2/c1-18(2)32-25(29-30-31-32)23-9-4-5-10-24(23)28-26(33)27-16-20-11-13-22(14-12-20)34-17-21-8-6-7-19(3)15-21/h4-15,18H,16-17H2,1-3H3,(H2,27,28,33). The summed E-state index contributed by atoms with van der Waals surface area (Å²) in [5.41, 5.74) is 4.70. The summed E-state index contributed by atoms with van der Waals surface area (Å²) < 4.78 is 7.59. The lowest BCUT2D eigenvalue weighted by Gasteiger charge is -2.13. The molecule has 0 aliphatic carbocycles. The van der Waals surface area contributed by atoms with Gasteiger partial charge in [-0.05, 0) is 66.6 Å². The fourth-order valence-corrected chi connectivity index (χ4v) is 3.53. The molecule has 0 unspecified atom stereocenters. The molecule has 2 amide bonds. The SMILES string of the molecule is Cc1cccc(COc2ccc(CNC(=O)Nc3ccccc3-c3nnnn3C(C)C)cc2)c1. The van der Waals surface area contributed by atoms with Crippen LogP contribution in [0.1, 0.15) is 36.6 Å². The number of nitrogens with one attached hydrogen (secondary N) is 2. The molecule has 2 N–H and O–H groups in total. The minimum atomic E-state index is -0.309. The summed E-state index contributed by atoms with van der Waals surface area (Å²) >= 11 is 0. The maximum absolute atomic E-state index is 12.6. The molecule has 0 fully saturated rings. The Bertz CT molecular complexity index is 1250. The van der Waals surface area contributed by atoms with E-state index in [2.05, 4.69) is 45.2 Å². The summed E-state index contributed by atoms with van der Waals surface area (Å²) in [6.45, 7) is 6.97. The van der Waals surface area contributed by atoms with Gasteiger partial charge in [-0.3, -0.25) is 0 Å². The summed E-state index contributed by atoms with van der Waals surface area (Å²) in [5.74, 6) is 1.39. The van der Waals surface area contributed by atoms with Gasteiger partial charge in [-0.25, -0.2) is 9.48 Å². The third-order valence-electron chi connectivity index (χ3n) is 5.26. The molecule has 3 aromatic carbocycles. The molecule has 0 saturated carbocycles. The molecular weight excluding hydrogens is 428 g/mol. The van der Waals surface area contributed by atoms with E-state index in [1.165, 1.54) is 5.56 Å². The van der Waals surface area contributed by atoms with Crippen molar-refractivity contribution in [3.05, 3.63) is 89.5 Å². The molecule has 1 heterocycles. The number of anilines is 1. The Balaban J connectivity index is 1.33. The van der Waals surface area contributed by atoms with E-state index in [0.717, 1.165) is 22.4 Å². The summed E-state index contributed by atoms with van der Waals surface area (Å²) in [6.07, 6.45) is 0. The molecule has 1 aromatic heterocycles. The first-order valence-electron chi connectivity index (χ1n) is 11.2. The van der Waals surface area contributed by atoms with Crippen LogP contribution in [0.15, 0.2) is 72.8 Å². The van der Waals surface area contributed by atoms with Crippen molar-refractivity contribution in [2.45, 2.75) is 40.0 Å². The first-order valence-corrected chi connectivity index (χ1v) is 11.2. The molecule has 174 valence electrons. The van der Waals surface area contributed by atoms with Crippen molar-refractivity contribution < 1.29 is 9.53 Å². The van der Waals surface area contributed by atoms with Crippen LogP contribution in [0, 0.1) is 6.92 Å². The van der Waals surface area contributed by atoms with E-state index >= 15 is 0 Å². The number of urea groups is 1. The number of ether oxygens (including phenoxy) is 1. The number of aromatic nitrogens is 4. The van der Waals surface area contributed by atoms with E-state index < -0.39 is 0 Å². The van der Waals surface area contributed by atoms with Crippen LogP contribution in [0.4, 0.5) is 10.5 Å². The van der Waals surface area contributed by atoms with E-state index in [1.807, 2.05) is 74.5 Å². The number of nitrogens with zero attached hydrogens (tertiary/aromatic N) is 4. The lowest BCUT2D eigenvalue weighted by atomic mass is 10.1. The number of rotatable bonds is 8. The number of amides is 2. The van der Waals surface area contributed by atoms with E-state index in [9.17, 15) is 4.79 Å². The first-order chi connectivity index (χ1) is 16.5. The van der Waals surface area contributed by atoms with Gasteiger partial charge in [0.2, 0.25) is 0 Å². The second kappa shape index (κ2) is 10.6. The third-order valence-corrected chi connectivity index (χ3v) is 5.26. The third kappa shape index (κ3) is 5.78. The first kappa shape index (κ1) is 23.0. The predicted octanol–water partition coefficient (Wildman–Crippen LogP) is 5.13. The molecule has 0 bridgehead atoms. The Morgan fingerprint density at radius 1 is 1.00 bits per heavy atom. The average Bonchev–Trinajstić information content (AvgIpc) is 3.33. The van der Waals surface area contributed by atoms with Gasteiger partial charge in [0.05, 0.1) is 11.7 Å². The number of carbonyl (C=O) groups excluding carboxylic acids is 1. The van der Waals surface area contributed by atoms with Gasteiger partial charge in [0.25, 0.3) is 0 Å². The highest BCUT2D eigenvalue weighted by molar-refractivity contribution is 5.93. The lowest BCUT2D eigenvalue weighted by molar-refractivity contribution is 0.251. The fourth-order valence-electron chi connectivity index (χ4n) is 3.53. The lowest BCUT2D eigenvalue weighted by Crippen LogP contribution is -2.28. The second-order valence-electron chi connectivity index (χ2n) is 8.32. The quantitative estimate of drug-likeness (QED) is 0.383. The minimum Gasteiger partial charge on any atom is -0.489 e. The van der Waals surface area contributed by atoms with Crippen LogP contribution >= 0.6 is 0 Å². The Morgan fingerprint density at radius 3 is 2.56 bits per heavy atom. The van der Waals surface area contributed by atoms with Gasteiger partial charge >= 0.3 is 6.03 Å². The molecule has 4 aromatic rings. The highest BCUT2D eigenvalue weighted by atomic mass is 16.5. The molecule has 0 aliphatic heterocycles. The van der Waals surface area contributed by atoms with Crippen LogP contribution in [0.3, 0.4) is 0 Å². The van der Waals surface area contributed by atoms with Gasteiger partial charge in [-0.2, -0.15) is 0 Å². The van der Waals surface area contributed by atoms with E-state index in [1.54, 1.807) is 4.68 Å². The summed E-state index contributed by atoms with van der Waals surface area (Å²) in [5, 5.41) is 17.8. The van der Waals surface area contributed by atoms with Crippen molar-refractivity contribution in [2.24, 2.45) is 0 Å². The molecule has 0 spiro atoms. The number of carbonyl (C=O) groups is 1. The highest BCUT2D eigenvalue weighted by Gasteiger charge is 2.16. The molecular formula is C26H28N6O2. The van der Waals surface area contributed by atoms with Gasteiger partial charge in [0.15, 0.2) is 5.82 Å². The van der Waals surface area contributed by atoms with Crippen molar-refractivity contribution in [3.8, 4) is 17.1 Å². The zero-order valence-corrected chi connectivity index (χ0v) is 19.5. The van der Waals surface area contributed by atoms with Crippen molar-refractivity contribution in [1.29, 1.82) is 0 Å². The summed E-state index contributed by atoms with van der Waals surface area (Å²) in [6, 6.07) is 23.2. The number of tetrazole rings is 1. The van der Waals surface area contributed by atoms with E-state index in [-0.39, 0.29) is 12.1 Å². The van der Waals surface area contributed by atoms with Gasteiger partial charge in [-0.15, -0.1) is 5.10 Å². The van der Waals surface area contributed by atoms with Crippen LogP contribution in [-0.4, -0.2) is 26.2 Å². The molecule has 8 nitrogen and oxygen atoms in total.